The van der Waals surface area contributed by atoms with Crippen molar-refractivity contribution in [2.45, 2.75) is 6.42 Å². The van der Waals surface area contributed by atoms with Crippen molar-refractivity contribution in [1.29, 1.82) is 0 Å². The minimum Gasteiger partial charge on any atom is -0.496 e. The van der Waals surface area contributed by atoms with E-state index < -0.39 is 17.1 Å². The van der Waals surface area contributed by atoms with E-state index >= 15 is 0 Å². The van der Waals surface area contributed by atoms with E-state index in [-0.39, 0.29) is 11.3 Å². The Morgan fingerprint density at radius 1 is 1.45 bits per heavy atom. The third-order valence-corrected chi connectivity index (χ3v) is 3.40. The lowest BCUT2D eigenvalue weighted by Crippen LogP contribution is -2.17. The van der Waals surface area contributed by atoms with Crippen molar-refractivity contribution in [3.8, 4) is 5.75 Å². The van der Waals surface area contributed by atoms with Crippen molar-refractivity contribution >= 4 is 35.0 Å². The molecule has 2 N–H and O–H groups in total. The highest BCUT2D eigenvalue weighted by atomic mass is 32.2. The summed E-state index contributed by atoms with van der Waals surface area (Å²) >= 11 is 0.812. The van der Waals surface area contributed by atoms with Crippen molar-refractivity contribution in [3.63, 3.8) is 0 Å². The molecule has 0 aliphatic carbocycles. The number of amides is 2. The van der Waals surface area contributed by atoms with Crippen LogP contribution in [0.2, 0.25) is 0 Å². The minimum atomic E-state index is -0.976. The highest BCUT2D eigenvalue weighted by molar-refractivity contribution is 8.18. The molecule has 104 valence electrons. The number of carboxylic acid groups (broad SMARTS) is 1. The molecule has 0 radical (unpaired) electrons. The highest BCUT2D eigenvalue weighted by Crippen LogP contribution is 2.27. The molecule has 0 spiro atoms. The molecule has 0 saturated carbocycles. The molecular weight excluding hydrogens is 282 g/mol. The number of ether oxygens (including phenoxy) is 1. The van der Waals surface area contributed by atoms with Crippen LogP contribution in [0.1, 0.15) is 11.1 Å². The van der Waals surface area contributed by atoms with Crippen molar-refractivity contribution < 1.29 is 24.2 Å². The van der Waals surface area contributed by atoms with Crippen LogP contribution < -0.4 is 10.1 Å². The fourth-order valence-corrected chi connectivity index (χ4v) is 2.44. The van der Waals surface area contributed by atoms with Gasteiger partial charge in [-0.25, -0.2) is 0 Å². The van der Waals surface area contributed by atoms with Crippen molar-refractivity contribution in [3.05, 3.63) is 34.2 Å². The van der Waals surface area contributed by atoms with Crippen LogP contribution in [0.3, 0.4) is 0 Å². The van der Waals surface area contributed by atoms with E-state index in [0.717, 1.165) is 11.8 Å². The Morgan fingerprint density at radius 3 is 2.75 bits per heavy atom. The number of carboxylic acids is 1. The number of thioether (sulfide) groups is 1. The summed E-state index contributed by atoms with van der Waals surface area (Å²) in [4.78, 5) is 33.6. The maximum atomic E-state index is 11.4. The van der Waals surface area contributed by atoms with Gasteiger partial charge < -0.3 is 9.84 Å². The fourth-order valence-electron chi connectivity index (χ4n) is 1.76. The molecule has 1 saturated heterocycles. The van der Waals surface area contributed by atoms with Gasteiger partial charge in [-0.15, -0.1) is 0 Å². The maximum absolute atomic E-state index is 11.4. The Bertz CT molecular complexity index is 623. The van der Waals surface area contributed by atoms with Crippen LogP contribution in [0.5, 0.6) is 5.75 Å². The smallest absolute Gasteiger partial charge is 0.307 e. The van der Waals surface area contributed by atoms with Gasteiger partial charge in [-0.1, -0.05) is 6.07 Å². The molecule has 1 aliphatic rings. The number of carbonyl (C=O) groups excluding carboxylic acids is 2. The molecule has 1 aliphatic heterocycles. The summed E-state index contributed by atoms with van der Waals surface area (Å²) in [6.07, 6.45) is 1.36. The van der Waals surface area contributed by atoms with E-state index in [1.807, 2.05) is 0 Å². The second kappa shape index (κ2) is 5.79. The Morgan fingerprint density at radius 2 is 2.20 bits per heavy atom. The van der Waals surface area contributed by atoms with Gasteiger partial charge in [0, 0.05) is 5.56 Å². The summed E-state index contributed by atoms with van der Waals surface area (Å²) in [5.41, 5.74) is 1.14. The topological polar surface area (TPSA) is 92.7 Å². The molecule has 0 aromatic heterocycles. The summed E-state index contributed by atoms with van der Waals surface area (Å²) < 4.78 is 5.09. The van der Waals surface area contributed by atoms with E-state index in [2.05, 4.69) is 5.32 Å². The summed E-state index contributed by atoms with van der Waals surface area (Å²) in [5, 5.41) is 10.6. The zero-order valence-electron chi connectivity index (χ0n) is 10.5. The lowest BCUT2D eigenvalue weighted by molar-refractivity contribution is -0.136. The normalized spacial score (nSPS) is 16.4. The second-order valence-electron chi connectivity index (χ2n) is 3.99. The van der Waals surface area contributed by atoms with Crippen LogP contribution in [0.15, 0.2) is 23.1 Å². The average Bonchev–Trinajstić information content (AvgIpc) is 2.67. The number of rotatable bonds is 4. The third-order valence-electron chi connectivity index (χ3n) is 2.59. The molecular formula is C13H11NO5S. The van der Waals surface area contributed by atoms with Gasteiger partial charge in [0.2, 0.25) is 0 Å². The van der Waals surface area contributed by atoms with Gasteiger partial charge in [-0.05, 0) is 35.5 Å². The second-order valence-corrected chi connectivity index (χ2v) is 5.01. The van der Waals surface area contributed by atoms with Crippen molar-refractivity contribution in [2.24, 2.45) is 0 Å². The van der Waals surface area contributed by atoms with E-state index in [1.54, 1.807) is 18.2 Å². The van der Waals surface area contributed by atoms with Crippen LogP contribution in [-0.2, 0) is 16.0 Å². The lowest BCUT2D eigenvalue weighted by atomic mass is 10.1. The number of benzene rings is 1. The van der Waals surface area contributed by atoms with E-state index in [0.29, 0.717) is 16.9 Å². The predicted molar refractivity (Wildman–Crippen MR) is 73.4 cm³/mol. The Balaban J connectivity index is 2.33. The third kappa shape index (κ3) is 3.18. The fraction of sp³-hybridized carbons (Fsp3) is 0.154. The molecule has 1 heterocycles. The molecule has 7 heteroatoms. The first kappa shape index (κ1) is 14.1. The van der Waals surface area contributed by atoms with Gasteiger partial charge in [0.15, 0.2) is 0 Å². The first-order valence-corrected chi connectivity index (χ1v) is 6.45. The largest absolute Gasteiger partial charge is 0.496 e. The summed E-state index contributed by atoms with van der Waals surface area (Å²) in [6.45, 7) is 0. The van der Waals surface area contributed by atoms with Crippen molar-refractivity contribution in [2.75, 3.05) is 7.11 Å². The molecule has 0 bridgehead atoms. The van der Waals surface area contributed by atoms with Gasteiger partial charge in [0.1, 0.15) is 5.75 Å². The van der Waals surface area contributed by atoms with Gasteiger partial charge >= 0.3 is 5.97 Å². The molecule has 6 nitrogen and oxygen atoms in total. The minimum absolute atomic E-state index is 0.182. The molecule has 0 unspecified atom stereocenters. The molecule has 2 rings (SSSR count). The molecule has 0 atom stereocenters. The summed E-state index contributed by atoms with van der Waals surface area (Å²) in [5.74, 6) is -0.957. The van der Waals surface area contributed by atoms with Crippen LogP contribution in [0.4, 0.5) is 4.79 Å². The van der Waals surface area contributed by atoms with Crippen LogP contribution in [0, 0.1) is 0 Å². The van der Waals surface area contributed by atoms with E-state index in [9.17, 15) is 14.4 Å². The number of nitrogens with one attached hydrogen (secondary N) is 1. The Kier molecular flexibility index (Phi) is 4.09. The zero-order valence-corrected chi connectivity index (χ0v) is 11.3. The Hall–Kier alpha value is -2.28. The predicted octanol–water partition coefficient (Wildman–Crippen LogP) is 1.65. The molecule has 1 aromatic rings. The number of imide groups is 1. The van der Waals surface area contributed by atoms with Gasteiger partial charge in [0.25, 0.3) is 11.1 Å². The molecule has 1 aromatic carbocycles. The molecule has 2 amide bonds. The summed E-state index contributed by atoms with van der Waals surface area (Å²) in [6, 6.07) is 4.94. The Labute approximate surface area is 118 Å². The van der Waals surface area contributed by atoms with Gasteiger partial charge in [-0.3, -0.25) is 19.7 Å². The number of hydrogen-bond acceptors (Lipinski definition) is 5. The number of hydrogen-bond donors (Lipinski definition) is 2. The lowest BCUT2D eigenvalue weighted by Gasteiger charge is -2.07. The average molecular weight is 293 g/mol. The number of aliphatic carboxylic acids is 1. The summed E-state index contributed by atoms with van der Waals surface area (Å²) in [7, 11) is 1.46. The SMILES string of the molecule is COc1ccc(C=C2SC(=O)NC2=O)cc1CC(=O)O. The molecule has 1 fully saturated rings. The first-order chi connectivity index (χ1) is 9.49. The van der Waals surface area contributed by atoms with Crippen LogP contribution in [-0.4, -0.2) is 29.3 Å². The highest BCUT2D eigenvalue weighted by Gasteiger charge is 2.25. The number of carbonyl (C=O) groups is 3. The van der Waals surface area contributed by atoms with Crippen LogP contribution >= 0.6 is 11.8 Å². The molecule has 20 heavy (non-hydrogen) atoms. The number of methoxy groups -OCH3 is 1. The van der Waals surface area contributed by atoms with E-state index in [4.69, 9.17) is 9.84 Å². The van der Waals surface area contributed by atoms with Gasteiger partial charge in [0.05, 0.1) is 18.4 Å². The quantitative estimate of drug-likeness (QED) is 0.820. The maximum Gasteiger partial charge on any atom is 0.307 e. The zero-order chi connectivity index (χ0) is 14.7. The van der Waals surface area contributed by atoms with Crippen molar-refractivity contribution in [1.82, 2.24) is 5.32 Å². The van der Waals surface area contributed by atoms with E-state index in [1.165, 1.54) is 13.2 Å². The monoisotopic (exact) mass is 293 g/mol. The standard InChI is InChI=1S/C13H11NO5S/c1-19-9-3-2-7(4-8(9)6-11(15)16)5-10-12(17)14-13(18)20-10/h2-5H,6H2,1H3,(H,15,16)(H,14,17,18). The first-order valence-electron chi connectivity index (χ1n) is 5.63. The van der Waals surface area contributed by atoms with Gasteiger partial charge in [-0.2, -0.15) is 0 Å². The van der Waals surface area contributed by atoms with Crippen LogP contribution in [0.25, 0.3) is 6.08 Å².